The van der Waals surface area contributed by atoms with Crippen LogP contribution in [0.5, 0.6) is 5.75 Å². The predicted octanol–water partition coefficient (Wildman–Crippen LogP) is 3.40. The van der Waals surface area contributed by atoms with Gasteiger partial charge in [0.15, 0.2) is 0 Å². The zero-order valence-corrected chi connectivity index (χ0v) is 11.0. The van der Waals surface area contributed by atoms with Gasteiger partial charge in [-0.3, -0.25) is 0 Å². The van der Waals surface area contributed by atoms with E-state index in [1.165, 1.54) is 0 Å². The van der Waals surface area contributed by atoms with Crippen LogP contribution in [0, 0.1) is 0 Å². The molecular formula is C12H12Cl2O3. The fraction of sp³-hybridized carbons (Fsp3) is 0.250. The molecule has 0 radical (unpaired) electrons. The Bertz CT molecular complexity index is 424. The van der Waals surface area contributed by atoms with E-state index in [1.807, 2.05) is 0 Å². The first-order chi connectivity index (χ1) is 8.10. The number of benzene rings is 1. The van der Waals surface area contributed by atoms with Crippen molar-refractivity contribution in [2.45, 2.75) is 6.92 Å². The average molecular weight is 275 g/mol. The average Bonchev–Trinajstić information content (AvgIpc) is 2.37. The molecule has 0 aliphatic rings. The maximum absolute atomic E-state index is 11.4. The number of ether oxygens (including phenoxy) is 2. The minimum atomic E-state index is -0.630. The van der Waals surface area contributed by atoms with Gasteiger partial charge in [0, 0.05) is 0 Å². The Labute approximate surface area is 110 Å². The summed E-state index contributed by atoms with van der Waals surface area (Å²) in [6, 6.07) is 6.88. The van der Waals surface area contributed by atoms with Gasteiger partial charge in [-0.15, -0.1) is 0 Å². The van der Waals surface area contributed by atoms with Crippen LogP contribution in [-0.4, -0.2) is 19.7 Å². The Kier molecular flexibility index (Phi) is 5.32. The maximum Gasteiger partial charge on any atom is 0.351 e. The lowest BCUT2D eigenvalue weighted by molar-refractivity contribution is -0.137. The number of hydrogen-bond acceptors (Lipinski definition) is 3. The molecule has 0 heterocycles. The minimum Gasteiger partial charge on any atom is -0.497 e. The van der Waals surface area contributed by atoms with E-state index < -0.39 is 5.97 Å². The molecule has 1 aromatic rings. The fourth-order valence-corrected chi connectivity index (χ4v) is 1.51. The molecule has 1 rings (SSSR count). The van der Waals surface area contributed by atoms with E-state index in [2.05, 4.69) is 0 Å². The molecular weight excluding hydrogens is 263 g/mol. The number of carbonyl (C=O) groups excluding carboxylic acids is 1. The van der Waals surface area contributed by atoms with Crippen molar-refractivity contribution in [2.24, 2.45) is 0 Å². The number of methoxy groups -OCH3 is 1. The molecule has 0 amide bonds. The molecule has 17 heavy (non-hydrogen) atoms. The fourth-order valence-electron chi connectivity index (χ4n) is 1.15. The van der Waals surface area contributed by atoms with Crippen LogP contribution >= 0.6 is 23.2 Å². The topological polar surface area (TPSA) is 35.5 Å². The summed E-state index contributed by atoms with van der Waals surface area (Å²) >= 11 is 11.8. The van der Waals surface area contributed by atoms with Gasteiger partial charge >= 0.3 is 5.97 Å². The van der Waals surface area contributed by atoms with Gasteiger partial charge in [0.2, 0.25) is 0 Å². The van der Waals surface area contributed by atoms with E-state index in [9.17, 15) is 4.79 Å². The van der Waals surface area contributed by atoms with Gasteiger partial charge in [0.25, 0.3) is 0 Å². The molecule has 3 nitrogen and oxygen atoms in total. The van der Waals surface area contributed by atoms with Gasteiger partial charge in [-0.2, -0.15) is 0 Å². The predicted molar refractivity (Wildman–Crippen MR) is 68.3 cm³/mol. The monoisotopic (exact) mass is 274 g/mol. The number of halogens is 2. The number of esters is 1. The quantitative estimate of drug-likeness (QED) is 0.624. The van der Waals surface area contributed by atoms with Crippen LogP contribution in [0.1, 0.15) is 12.5 Å². The molecule has 1 aromatic carbocycles. The van der Waals surface area contributed by atoms with Crippen LogP contribution in [0.4, 0.5) is 0 Å². The summed E-state index contributed by atoms with van der Waals surface area (Å²) in [6.07, 6.45) is 0. The molecule has 0 aliphatic carbocycles. The third-order valence-electron chi connectivity index (χ3n) is 1.99. The molecule has 0 spiro atoms. The molecule has 0 fully saturated rings. The Morgan fingerprint density at radius 3 is 2.29 bits per heavy atom. The third kappa shape index (κ3) is 3.65. The normalized spacial score (nSPS) is 11.8. The lowest BCUT2D eigenvalue weighted by Gasteiger charge is -2.05. The lowest BCUT2D eigenvalue weighted by Crippen LogP contribution is -2.04. The highest BCUT2D eigenvalue weighted by atomic mass is 35.5. The van der Waals surface area contributed by atoms with Crippen molar-refractivity contribution in [3.8, 4) is 5.75 Å². The molecule has 0 bridgehead atoms. The summed E-state index contributed by atoms with van der Waals surface area (Å²) in [5.74, 6) is 0.0699. The summed E-state index contributed by atoms with van der Waals surface area (Å²) in [5, 5.41) is 0.0338. The molecule has 0 aliphatic heterocycles. The van der Waals surface area contributed by atoms with Crippen molar-refractivity contribution in [3.63, 3.8) is 0 Å². The summed E-state index contributed by atoms with van der Waals surface area (Å²) in [5.41, 5.74) is 0.630. The van der Waals surface area contributed by atoms with E-state index in [0.29, 0.717) is 11.3 Å². The van der Waals surface area contributed by atoms with E-state index >= 15 is 0 Å². The summed E-state index contributed by atoms with van der Waals surface area (Å²) < 4.78 is 9.76. The van der Waals surface area contributed by atoms with Crippen LogP contribution in [-0.2, 0) is 9.53 Å². The number of rotatable bonds is 4. The molecule has 0 saturated carbocycles. The van der Waals surface area contributed by atoms with Crippen molar-refractivity contribution in [1.82, 2.24) is 0 Å². The summed E-state index contributed by atoms with van der Waals surface area (Å²) in [4.78, 5) is 11.4. The van der Waals surface area contributed by atoms with Gasteiger partial charge in [0.05, 0.1) is 18.7 Å². The van der Waals surface area contributed by atoms with Crippen LogP contribution in [0.15, 0.2) is 29.3 Å². The minimum absolute atomic E-state index is 0.126. The highest BCUT2D eigenvalue weighted by Crippen LogP contribution is 2.27. The van der Waals surface area contributed by atoms with Crippen molar-refractivity contribution in [1.29, 1.82) is 0 Å². The molecule has 92 valence electrons. The molecule has 0 saturated heterocycles. The zero-order valence-electron chi connectivity index (χ0n) is 9.50. The first-order valence-electron chi connectivity index (χ1n) is 4.97. The summed E-state index contributed by atoms with van der Waals surface area (Å²) in [6.45, 7) is 1.95. The maximum atomic E-state index is 11.4. The highest BCUT2D eigenvalue weighted by molar-refractivity contribution is 6.59. The Hall–Kier alpha value is -1.19. The van der Waals surface area contributed by atoms with Crippen molar-refractivity contribution >= 4 is 34.2 Å². The van der Waals surface area contributed by atoms with Crippen LogP contribution in [0.2, 0.25) is 0 Å². The van der Waals surface area contributed by atoms with Gasteiger partial charge in [-0.25, -0.2) is 4.79 Å². The standard InChI is InChI=1S/C12H12Cl2O3/c1-3-17-12(15)11(14)10(13)8-4-6-9(16-2)7-5-8/h4-7H,3H2,1-2H3. The van der Waals surface area contributed by atoms with Gasteiger partial charge in [-0.05, 0) is 36.8 Å². The van der Waals surface area contributed by atoms with E-state index in [4.69, 9.17) is 32.7 Å². The first-order valence-corrected chi connectivity index (χ1v) is 5.72. The van der Waals surface area contributed by atoms with Crippen molar-refractivity contribution in [2.75, 3.05) is 13.7 Å². The Balaban J connectivity index is 2.97. The third-order valence-corrected chi connectivity index (χ3v) is 2.84. The van der Waals surface area contributed by atoms with Gasteiger partial charge in [-0.1, -0.05) is 23.2 Å². The molecule has 0 aromatic heterocycles. The van der Waals surface area contributed by atoms with Crippen LogP contribution < -0.4 is 4.74 Å². The van der Waals surface area contributed by atoms with E-state index in [0.717, 1.165) is 0 Å². The molecule has 0 unspecified atom stereocenters. The van der Waals surface area contributed by atoms with Gasteiger partial charge in [0.1, 0.15) is 10.8 Å². The molecule has 0 atom stereocenters. The second-order valence-corrected chi connectivity index (χ2v) is 3.83. The Morgan fingerprint density at radius 2 is 1.82 bits per heavy atom. The van der Waals surface area contributed by atoms with Gasteiger partial charge < -0.3 is 9.47 Å². The smallest absolute Gasteiger partial charge is 0.351 e. The summed E-state index contributed by atoms with van der Waals surface area (Å²) in [7, 11) is 1.57. The van der Waals surface area contributed by atoms with Crippen molar-refractivity contribution in [3.05, 3.63) is 34.9 Å². The van der Waals surface area contributed by atoms with E-state index in [-0.39, 0.29) is 16.7 Å². The van der Waals surface area contributed by atoms with E-state index in [1.54, 1.807) is 38.3 Å². The SMILES string of the molecule is CCOC(=O)C(Cl)=C(Cl)c1ccc(OC)cc1. The second-order valence-electron chi connectivity index (χ2n) is 3.08. The zero-order chi connectivity index (χ0) is 12.8. The lowest BCUT2D eigenvalue weighted by atomic mass is 10.2. The second kappa shape index (κ2) is 6.52. The number of carbonyl (C=O) groups is 1. The first kappa shape index (κ1) is 13.9. The number of hydrogen-bond donors (Lipinski definition) is 0. The molecule has 5 heteroatoms. The van der Waals surface area contributed by atoms with Crippen molar-refractivity contribution < 1.29 is 14.3 Å². The van der Waals surface area contributed by atoms with Crippen LogP contribution in [0.25, 0.3) is 5.03 Å². The Morgan fingerprint density at radius 1 is 1.24 bits per heavy atom. The highest BCUT2D eigenvalue weighted by Gasteiger charge is 2.14. The molecule has 0 N–H and O–H groups in total. The largest absolute Gasteiger partial charge is 0.497 e. The van der Waals surface area contributed by atoms with Crippen LogP contribution in [0.3, 0.4) is 0 Å².